The molecule has 152 valence electrons. The van der Waals surface area contributed by atoms with Crippen molar-refractivity contribution in [3.63, 3.8) is 0 Å². The first-order valence-electron chi connectivity index (χ1n) is 10.1. The van der Waals surface area contributed by atoms with Crippen LogP contribution in [0.1, 0.15) is 28.2 Å². The maximum atomic E-state index is 12.6. The number of aryl methyl sites for hydroxylation is 3. The van der Waals surface area contributed by atoms with Crippen LogP contribution in [-0.2, 0) is 7.05 Å². The number of aromatic nitrogens is 2. The minimum atomic E-state index is -0.214. The van der Waals surface area contributed by atoms with Crippen molar-refractivity contribution in [3.8, 4) is 0 Å². The Hall–Kier alpha value is -3.60. The van der Waals surface area contributed by atoms with E-state index in [1.54, 1.807) is 6.20 Å². The summed E-state index contributed by atoms with van der Waals surface area (Å²) in [5.74, 6) is -0.00482. The SMILES string of the molecule is Cc1cc(C)cc(NC(=O)NC[C@@H](c2cccnc2)c2cn(C)c3ccccc23)c1. The number of para-hydroxylation sites is 1. The number of carbonyl (C=O) groups excluding carboxylic acids is 1. The van der Waals surface area contributed by atoms with Gasteiger partial charge < -0.3 is 15.2 Å². The lowest BCUT2D eigenvalue weighted by Crippen LogP contribution is -2.32. The van der Waals surface area contributed by atoms with E-state index in [9.17, 15) is 4.79 Å². The molecule has 1 atom stereocenters. The van der Waals surface area contributed by atoms with Gasteiger partial charge in [-0.3, -0.25) is 4.98 Å². The average molecular weight is 399 g/mol. The monoisotopic (exact) mass is 398 g/mol. The van der Waals surface area contributed by atoms with Crippen LogP contribution in [0.4, 0.5) is 10.5 Å². The number of hydrogen-bond acceptors (Lipinski definition) is 2. The van der Waals surface area contributed by atoms with Crippen LogP contribution in [0.5, 0.6) is 0 Å². The number of rotatable bonds is 5. The van der Waals surface area contributed by atoms with Crippen molar-refractivity contribution in [1.29, 1.82) is 0 Å². The first kappa shape index (κ1) is 19.7. The molecule has 2 aromatic heterocycles. The Bertz CT molecular complexity index is 1160. The van der Waals surface area contributed by atoms with Gasteiger partial charge in [-0.15, -0.1) is 0 Å². The van der Waals surface area contributed by atoms with Crippen LogP contribution >= 0.6 is 0 Å². The van der Waals surface area contributed by atoms with Gasteiger partial charge in [0, 0.05) is 54.7 Å². The highest BCUT2D eigenvalue weighted by Gasteiger charge is 2.20. The van der Waals surface area contributed by atoms with E-state index in [2.05, 4.69) is 50.6 Å². The van der Waals surface area contributed by atoms with Gasteiger partial charge in [0.05, 0.1) is 0 Å². The quantitative estimate of drug-likeness (QED) is 0.489. The molecule has 4 aromatic rings. The Balaban J connectivity index is 1.59. The van der Waals surface area contributed by atoms with Crippen LogP contribution in [0.2, 0.25) is 0 Å². The van der Waals surface area contributed by atoms with Gasteiger partial charge in [-0.1, -0.05) is 30.3 Å². The summed E-state index contributed by atoms with van der Waals surface area (Å²) in [5.41, 5.74) is 6.45. The largest absolute Gasteiger partial charge is 0.350 e. The van der Waals surface area contributed by atoms with E-state index in [0.29, 0.717) is 6.54 Å². The van der Waals surface area contributed by atoms with E-state index in [0.717, 1.165) is 22.4 Å². The fourth-order valence-corrected chi connectivity index (χ4v) is 4.06. The molecule has 4 rings (SSSR count). The second-order valence-electron chi connectivity index (χ2n) is 7.76. The molecule has 0 aliphatic rings. The maximum absolute atomic E-state index is 12.6. The van der Waals surface area contributed by atoms with Crippen molar-refractivity contribution in [1.82, 2.24) is 14.9 Å². The number of amides is 2. The van der Waals surface area contributed by atoms with Gasteiger partial charge in [0.2, 0.25) is 0 Å². The predicted octanol–water partition coefficient (Wildman–Crippen LogP) is 5.14. The molecule has 2 amide bonds. The summed E-state index contributed by atoms with van der Waals surface area (Å²) >= 11 is 0. The molecule has 30 heavy (non-hydrogen) atoms. The lowest BCUT2D eigenvalue weighted by atomic mass is 9.92. The molecule has 0 saturated heterocycles. The summed E-state index contributed by atoms with van der Waals surface area (Å²) in [6, 6.07) is 18.1. The summed E-state index contributed by atoms with van der Waals surface area (Å²) in [4.78, 5) is 16.9. The number of nitrogens with zero attached hydrogens (tertiary/aromatic N) is 2. The Morgan fingerprint density at radius 1 is 1.07 bits per heavy atom. The van der Waals surface area contributed by atoms with Crippen molar-refractivity contribution in [2.24, 2.45) is 7.05 Å². The molecule has 0 unspecified atom stereocenters. The van der Waals surface area contributed by atoms with Crippen molar-refractivity contribution in [2.75, 3.05) is 11.9 Å². The van der Waals surface area contributed by atoms with Gasteiger partial charge in [0.1, 0.15) is 0 Å². The van der Waals surface area contributed by atoms with E-state index in [4.69, 9.17) is 0 Å². The van der Waals surface area contributed by atoms with Gasteiger partial charge in [-0.2, -0.15) is 0 Å². The summed E-state index contributed by atoms with van der Waals surface area (Å²) in [6.07, 6.45) is 5.78. The van der Waals surface area contributed by atoms with Crippen LogP contribution in [0, 0.1) is 13.8 Å². The van der Waals surface area contributed by atoms with Gasteiger partial charge in [-0.05, 0) is 60.4 Å². The number of hydrogen-bond donors (Lipinski definition) is 2. The first-order chi connectivity index (χ1) is 14.5. The molecule has 0 saturated carbocycles. The van der Waals surface area contributed by atoms with E-state index in [-0.39, 0.29) is 11.9 Å². The van der Waals surface area contributed by atoms with Gasteiger partial charge in [0.15, 0.2) is 0 Å². The lowest BCUT2D eigenvalue weighted by Gasteiger charge is -2.18. The fraction of sp³-hybridized carbons (Fsp3) is 0.200. The number of fused-ring (bicyclic) bond motifs is 1. The molecule has 0 aliphatic heterocycles. The molecule has 2 heterocycles. The molecule has 0 radical (unpaired) electrons. The normalized spacial score (nSPS) is 12.0. The Morgan fingerprint density at radius 2 is 1.83 bits per heavy atom. The van der Waals surface area contributed by atoms with Crippen LogP contribution in [0.25, 0.3) is 10.9 Å². The zero-order chi connectivity index (χ0) is 21.1. The molecule has 0 aliphatic carbocycles. The fourth-order valence-electron chi connectivity index (χ4n) is 4.06. The van der Waals surface area contributed by atoms with Gasteiger partial charge in [-0.25, -0.2) is 4.79 Å². The van der Waals surface area contributed by atoms with Crippen LogP contribution in [0.15, 0.2) is 73.2 Å². The van der Waals surface area contributed by atoms with Crippen LogP contribution in [0.3, 0.4) is 0 Å². The Morgan fingerprint density at radius 3 is 2.57 bits per heavy atom. The minimum Gasteiger partial charge on any atom is -0.350 e. The molecule has 5 heteroatoms. The Labute approximate surface area is 176 Å². The first-order valence-corrected chi connectivity index (χ1v) is 10.1. The molecule has 2 aromatic carbocycles. The number of nitrogens with one attached hydrogen (secondary N) is 2. The zero-order valence-corrected chi connectivity index (χ0v) is 17.5. The smallest absolute Gasteiger partial charge is 0.319 e. The maximum Gasteiger partial charge on any atom is 0.319 e. The van der Waals surface area contributed by atoms with Gasteiger partial charge >= 0.3 is 6.03 Å². The van der Waals surface area contributed by atoms with Crippen molar-refractivity contribution in [3.05, 3.63) is 95.4 Å². The molecular formula is C25H26N4O. The molecule has 2 N–H and O–H groups in total. The predicted molar refractivity (Wildman–Crippen MR) is 122 cm³/mol. The summed E-state index contributed by atoms with van der Waals surface area (Å²) in [7, 11) is 2.05. The van der Waals surface area contributed by atoms with Crippen LogP contribution in [-0.4, -0.2) is 22.1 Å². The molecule has 0 fully saturated rings. The second-order valence-corrected chi connectivity index (χ2v) is 7.76. The minimum absolute atomic E-state index is 0.00482. The highest BCUT2D eigenvalue weighted by atomic mass is 16.2. The highest BCUT2D eigenvalue weighted by Crippen LogP contribution is 2.31. The summed E-state index contributed by atoms with van der Waals surface area (Å²) < 4.78 is 2.13. The van der Waals surface area contributed by atoms with E-state index in [1.165, 1.54) is 16.5 Å². The average Bonchev–Trinajstić information content (AvgIpc) is 3.05. The van der Waals surface area contributed by atoms with E-state index >= 15 is 0 Å². The molecule has 0 bridgehead atoms. The number of pyridine rings is 1. The highest BCUT2D eigenvalue weighted by molar-refractivity contribution is 5.90. The van der Waals surface area contributed by atoms with Crippen LogP contribution < -0.4 is 10.6 Å². The summed E-state index contributed by atoms with van der Waals surface area (Å²) in [5, 5.41) is 7.19. The number of benzene rings is 2. The Kier molecular flexibility index (Phi) is 5.53. The second kappa shape index (κ2) is 8.41. The lowest BCUT2D eigenvalue weighted by molar-refractivity contribution is 0.252. The van der Waals surface area contributed by atoms with E-state index in [1.807, 2.05) is 57.4 Å². The number of anilines is 1. The zero-order valence-electron chi connectivity index (χ0n) is 17.5. The number of urea groups is 1. The third kappa shape index (κ3) is 4.20. The third-order valence-corrected chi connectivity index (χ3v) is 5.34. The standard InChI is InChI=1S/C25H26N4O/c1-17-11-18(2)13-20(12-17)28-25(30)27-15-22(19-7-6-10-26-14-19)23-16-29(3)24-9-5-4-8-21(23)24/h4-14,16,22H,15H2,1-3H3,(H2,27,28,30)/t22-/m0/s1. The third-order valence-electron chi connectivity index (χ3n) is 5.34. The van der Waals surface area contributed by atoms with Gasteiger partial charge in [0.25, 0.3) is 0 Å². The van der Waals surface area contributed by atoms with Crippen molar-refractivity contribution >= 4 is 22.6 Å². The topological polar surface area (TPSA) is 59.0 Å². The van der Waals surface area contributed by atoms with E-state index < -0.39 is 0 Å². The molecular weight excluding hydrogens is 372 g/mol. The molecule has 0 spiro atoms. The summed E-state index contributed by atoms with van der Waals surface area (Å²) in [6.45, 7) is 4.51. The van der Waals surface area contributed by atoms with Crippen molar-refractivity contribution in [2.45, 2.75) is 19.8 Å². The molecule has 5 nitrogen and oxygen atoms in total. The number of carbonyl (C=O) groups is 1. The van der Waals surface area contributed by atoms with Crippen molar-refractivity contribution < 1.29 is 4.79 Å².